The van der Waals surface area contributed by atoms with Crippen LogP contribution in [0.3, 0.4) is 0 Å². The van der Waals surface area contributed by atoms with Crippen molar-refractivity contribution in [3.8, 4) is 0 Å². The molecule has 1 amide bonds. The monoisotopic (exact) mass is 163 g/mol. The minimum atomic E-state index is -4.35. The van der Waals surface area contributed by atoms with Crippen molar-refractivity contribution in [3.63, 3.8) is 0 Å². The molecule has 1 heterocycles. The molecule has 0 aliphatic carbocycles. The van der Waals surface area contributed by atoms with Crippen molar-refractivity contribution >= 4 is 16.2 Å². The van der Waals surface area contributed by atoms with Gasteiger partial charge in [0.15, 0.2) is 0 Å². The Morgan fingerprint density at radius 3 is 2.20 bits per heavy atom. The summed E-state index contributed by atoms with van der Waals surface area (Å²) in [5.41, 5.74) is 0.229. The van der Waals surface area contributed by atoms with Crippen LogP contribution in [0.25, 0.3) is 0 Å². The normalized spacial score (nSPS) is 18.4. The summed E-state index contributed by atoms with van der Waals surface area (Å²) in [5.74, 6) is -0.708. The fourth-order valence-corrected chi connectivity index (χ4v) is 1.40. The van der Waals surface area contributed by atoms with Gasteiger partial charge in [-0.25, -0.2) is 0 Å². The van der Waals surface area contributed by atoms with E-state index < -0.39 is 16.2 Å². The van der Waals surface area contributed by atoms with E-state index in [0.717, 1.165) is 6.08 Å². The largest absolute Gasteiger partial charge is 0.366 e. The topological polar surface area (TPSA) is 74.7 Å². The van der Waals surface area contributed by atoms with Crippen molar-refractivity contribution < 1.29 is 17.8 Å². The summed E-state index contributed by atoms with van der Waals surface area (Å²) in [6.07, 6.45) is 1.12. The van der Waals surface area contributed by atoms with Gasteiger partial charge in [-0.15, -0.1) is 0 Å². The second kappa shape index (κ2) is 1.80. The van der Waals surface area contributed by atoms with Crippen molar-refractivity contribution in [1.82, 2.24) is 4.31 Å². The summed E-state index contributed by atoms with van der Waals surface area (Å²) < 4.78 is 29.1. The zero-order chi connectivity index (χ0) is 7.94. The van der Waals surface area contributed by atoms with Gasteiger partial charge in [0.05, 0.1) is 0 Å². The van der Waals surface area contributed by atoms with E-state index in [2.05, 4.69) is 0 Å². The molecule has 1 N–H and O–H groups in total. The van der Waals surface area contributed by atoms with Gasteiger partial charge in [0.1, 0.15) is 0 Å². The molecule has 0 fully saturated rings. The van der Waals surface area contributed by atoms with Crippen LogP contribution in [0.1, 0.15) is 6.92 Å². The van der Waals surface area contributed by atoms with Gasteiger partial charge < -0.3 is 0 Å². The Morgan fingerprint density at radius 2 is 2.10 bits per heavy atom. The molecule has 0 saturated carbocycles. The van der Waals surface area contributed by atoms with Crippen molar-refractivity contribution in [2.45, 2.75) is 6.92 Å². The molecule has 0 aromatic rings. The zero-order valence-electron chi connectivity index (χ0n) is 5.10. The molecule has 0 radical (unpaired) electrons. The lowest BCUT2D eigenvalue weighted by molar-refractivity contribution is -0.123. The number of nitrogens with zero attached hydrogens (tertiary/aromatic N) is 1. The zero-order valence-corrected chi connectivity index (χ0v) is 5.92. The van der Waals surface area contributed by atoms with Crippen LogP contribution >= 0.6 is 0 Å². The van der Waals surface area contributed by atoms with E-state index in [1.165, 1.54) is 6.92 Å². The van der Waals surface area contributed by atoms with Crippen LogP contribution < -0.4 is 0 Å². The molecule has 1 rings (SSSR count). The Labute approximate surface area is 57.8 Å². The smallest absolute Gasteiger partial charge is 0.269 e. The van der Waals surface area contributed by atoms with Crippen LogP contribution in [-0.2, 0) is 15.1 Å². The van der Waals surface area contributed by atoms with Crippen molar-refractivity contribution in [2.75, 3.05) is 0 Å². The van der Waals surface area contributed by atoms with Crippen LogP contribution in [0.15, 0.2) is 11.8 Å². The van der Waals surface area contributed by atoms with Crippen LogP contribution in [0.5, 0.6) is 0 Å². The third-order valence-electron chi connectivity index (χ3n) is 1.08. The predicted octanol–water partition coefficient (Wildman–Crippen LogP) is -0.465. The number of rotatable bonds is 1. The number of amides is 1. The van der Waals surface area contributed by atoms with E-state index >= 15 is 0 Å². The maximum Gasteiger partial charge on any atom is 0.366 e. The lowest BCUT2D eigenvalue weighted by Gasteiger charge is -2.24. The highest BCUT2D eigenvalue weighted by molar-refractivity contribution is 7.84. The first-order valence-corrected chi connectivity index (χ1v) is 3.82. The highest BCUT2D eigenvalue weighted by atomic mass is 32.2. The summed E-state index contributed by atoms with van der Waals surface area (Å²) in [4.78, 5) is 10.4. The average molecular weight is 163 g/mol. The van der Waals surface area contributed by atoms with Crippen LogP contribution in [-0.4, -0.2) is 23.2 Å². The Kier molecular flexibility index (Phi) is 1.30. The molecule has 6 heteroatoms. The Balaban J connectivity index is 3.02. The second-order valence-corrected chi connectivity index (χ2v) is 3.13. The first-order chi connectivity index (χ1) is 4.43. The number of carbonyl (C=O) groups excluding carboxylic acids is 1. The number of hydrogen-bond acceptors (Lipinski definition) is 3. The van der Waals surface area contributed by atoms with Gasteiger partial charge in [0, 0.05) is 11.8 Å². The SMILES string of the molecule is CC1=CC(=O)N1S(=O)(=O)O. The van der Waals surface area contributed by atoms with Gasteiger partial charge in [-0.3, -0.25) is 9.35 Å². The highest BCUT2D eigenvalue weighted by Gasteiger charge is 2.32. The summed E-state index contributed by atoms with van der Waals surface area (Å²) >= 11 is 0. The van der Waals surface area contributed by atoms with Gasteiger partial charge in [-0.05, 0) is 6.92 Å². The molecule has 1 aliphatic rings. The standard InChI is InChI=1S/C4H5NO4S/c1-3-2-4(6)5(3)10(7,8)9/h2H,1H3,(H,7,8,9). The first-order valence-electron chi connectivity index (χ1n) is 2.43. The van der Waals surface area contributed by atoms with E-state index in [1.54, 1.807) is 0 Å². The Bertz CT molecular complexity index is 301. The van der Waals surface area contributed by atoms with E-state index in [0.29, 0.717) is 4.31 Å². The van der Waals surface area contributed by atoms with E-state index in [-0.39, 0.29) is 5.70 Å². The molecular formula is C4H5NO4S. The van der Waals surface area contributed by atoms with E-state index in [9.17, 15) is 13.2 Å². The third-order valence-corrected chi connectivity index (χ3v) is 2.01. The molecule has 0 bridgehead atoms. The maximum absolute atomic E-state index is 10.4. The second-order valence-electron chi connectivity index (χ2n) is 1.87. The molecule has 5 nitrogen and oxygen atoms in total. The van der Waals surface area contributed by atoms with E-state index in [4.69, 9.17) is 4.55 Å². The van der Waals surface area contributed by atoms with Gasteiger partial charge in [-0.1, -0.05) is 0 Å². The van der Waals surface area contributed by atoms with E-state index in [1.807, 2.05) is 0 Å². The lowest BCUT2D eigenvalue weighted by Crippen LogP contribution is -2.40. The molecule has 0 atom stereocenters. The minimum absolute atomic E-state index is 0.229. The van der Waals surface area contributed by atoms with Gasteiger partial charge in [0.2, 0.25) is 0 Å². The Hall–Kier alpha value is -0.880. The Morgan fingerprint density at radius 1 is 1.60 bits per heavy atom. The van der Waals surface area contributed by atoms with Crippen molar-refractivity contribution in [2.24, 2.45) is 0 Å². The van der Waals surface area contributed by atoms with Gasteiger partial charge in [-0.2, -0.15) is 12.7 Å². The summed E-state index contributed by atoms with van der Waals surface area (Å²) in [7, 11) is -4.35. The fraction of sp³-hybridized carbons (Fsp3) is 0.250. The van der Waals surface area contributed by atoms with Gasteiger partial charge >= 0.3 is 10.3 Å². The third kappa shape index (κ3) is 0.910. The predicted molar refractivity (Wildman–Crippen MR) is 32.2 cm³/mol. The molecule has 0 unspecified atom stereocenters. The molecule has 1 aliphatic heterocycles. The van der Waals surface area contributed by atoms with Crippen molar-refractivity contribution in [1.29, 1.82) is 0 Å². The molecule has 0 saturated heterocycles. The summed E-state index contributed by atoms with van der Waals surface area (Å²) in [6.45, 7) is 1.41. The number of carbonyl (C=O) groups is 1. The molecular weight excluding hydrogens is 158 g/mol. The molecule has 10 heavy (non-hydrogen) atoms. The summed E-state index contributed by atoms with van der Waals surface area (Å²) in [6, 6.07) is 0. The highest BCUT2D eigenvalue weighted by Crippen LogP contribution is 2.18. The molecule has 0 spiro atoms. The fourth-order valence-electron chi connectivity index (χ4n) is 0.699. The van der Waals surface area contributed by atoms with Crippen LogP contribution in [0.4, 0.5) is 0 Å². The first kappa shape index (κ1) is 7.23. The van der Waals surface area contributed by atoms with Gasteiger partial charge in [0.25, 0.3) is 5.91 Å². The molecule has 56 valence electrons. The molecule has 0 aromatic carbocycles. The van der Waals surface area contributed by atoms with Crippen LogP contribution in [0.2, 0.25) is 0 Å². The minimum Gasteiger partial charge on any atom is -0.269 e. The summed E-state index contributed by atoms with van der Waals surface area (Å²) in [5, 5.41) is 0. The quantitative estimate of drug-likeness (QED) is 0.530. The number of allylic oxidation sites excluding steroid dienone is 1. The number of hydrogen-bond donors (Lipinski definition) is 1. The van der Waals surface area contributed by atoms with Crippen LogP contribution in [0, 0.1) is 0 Å². The molecule has 0 aromatic heterocycles. The lowest BCUT2D eigenvalue weighted by atomic mass is 10.3. The average Bonchev–Trinajstić information content (AvgIpc) is 1.58. The van der Waals surface area contributed by atoms with Crippen molar-refractivity contribution in [3.05, 3.63) is 11.8 Å². The maximum atomic E-state index is 10.4.